The highest BCUT2D eigenvalue weighted by Gasteiger charge is 2.20. The number of aromatic nitrogens is 1. The maximum absolute atomic E-state index is 10.5. The van der Waals surface area contributed by atoms with E-state index in [1.807, 2.05) is 49.4 Å². The average Bonchev–Trinajstić information content (AvgIpc) is 3.47. The smallest absolute Gasteiger partial charge is 0.231 e. The van der Waals surface area contributed by atoms with Gasteiger partial charge in [0.05, 0.1) is 5.69 Å². The molecule has 0 unspecified atom stereocenters. The molecule has 3 aromatic rings. The van der Waals surface area contributed by atoms with Crippen molar-refractivity contribution in [3.8, 4) is 39.6 Å². The first-order chi connectivity index (χ1) is 15.2. The topological polar surface area (TPSA) is 66.8 Å². The number of hydrogen-bond acceptors (Lipinski definition) is 6. The van der Waals surface area contributed by atoms with Gasteiger partial charge in [0.25, 0.3) is 0 Å². The molecule has 2 aliphatic heterocycles. The van der Waals surface area contributed by atoms with Gasteiger partial charge >= 0.3 is 0 Å². The SMILES string of the molecule is Cc1ccc(O)c(-c2cc(-c3cccc4c3OCO4)cc(NCCN3CCCC3)n2)c1. The predicted octanol–water partition coefficient (Wildman–Crippen LogP) is 4.67. The Bertz CT molecular complexity index is 1090. The third-order valence-electron chi connectivity index (χ3n) is 5.89. The van der Waals surface area contributed by atoms with Crippen LogP contribution in [-0.2, 0) is 0 Å². The predicted molar refractivity (Wildman–Crippen MR) is 122 cm³/mol. The first kappa shape index (κ1) is 19.7. The van der Waals surface area contributed by atoms with Crippen LogP contribution >= 0.6 is 0 Å². The lowest BCUT2D eigenvalue weighted by atomic mass is 10.0. The van der Waals surface area contributed by atoms with Crippen LogP contribution in [0.15, 0.2) is 48.5 Å². The molecule has 5 rings (SSSR count). The number of ether oxygens (including phenoxy) is 2. The number of pyridine rings is 1. The van der Waals surface area contributed by atoms with Crippen LogP contribution in [0.1, 0.15) is 18.4 Å². The molecule has 1 fully saturated rings. The van der Waals surface area contributed by atoms with Crippen LogP contribution in [0.25, 0.3) is 22.4 Å². The van der Waals surface area contributed by atoms with Crippen LogP contribution < -0.4 is 14.8 Å². The minimum Gasteiger partial charge on any atom is -0.507 e. The highest BCUT2D eigenvalue weighted by Crippen LogP contribution is 2.43. The molecule has 0 spiro atoms. The molecule has 0 bridgehead atoms. The third kappa shape index (κ3) is 4.16. The summed E-state index contributed by atoms with van der Waals surface area (Å²) in [4.78, 5) is 7.30. The second-order valence-corrected chi connectivity index (χ2v) is 8.16. The summed E-state index contributed by atoms with van der Waals surface area (Å²) < 4.78 is 11.3. The number of nitrogens with one attached hydrogen (secondary N) is 1. The molecule has 160 valence electrons. The molecule has 0 radical (unpaired) electrons. The third-order valence-corrected chi connectivity index (χ3v) is 5.89. The van der Waals surface area contributed by atoms with Gasteiger partial charge in [0.2, 0.25) is 6.79 Å². The number of phenols is 1. The lowest BCUT2D eigenvalue weighted by Crippen LogP contribution is -2.26. The zero-order valence-corrected chi connectivity index (χ0v) is 17.7. The van der Waals surface area contributed by atoms with Gasteiger partial charge in [-0.3, -0.25) is 0 Å². The monoisotopic (exact) mass is 417 g/mol. The molecule has 6 nitrogen and oxygen atoms in total. The Labute approximate surface area is 182 Å². The fraction of sp³-hybridized carbons (Fsp3) is 0.320. The van der Waals surface area contributed by atoms with Crippen LogP contribution in [0.5, 0.6) is 17.2 Å². The minimum atomic E-state index is 0.219. The summed E-state index contributed by atoms with van der Waals surface area (Å²) in [5, 5.41) is 14.0. The summed E-state index contributed by atoms with van der Waals surface area (Å²) in [6.45, 7) is 6.40. The van der Waals surface area contributed by atoms with Crippen LogP contribution in [0, 0.1) is 6.92 Å². The van der Waals surface area contributed by atoms with E-state index in [2.05, 4.69) is 10.2 Å². The van der Waals surface area contributed by atoms with Gasteiger partial charge in [0.1, 0.15) is 11.6 Å². The summed E-state index contributed by atoms with van der Waals surface area (Å²) in [5.41, 5.74) is 4.43. The molecule has 0 atom stereocenters. The second kappa shape index (κ2) is 8.47. The van der Waals surface area contributed by atoms with Crippen molar-refractivity contribution < 1.29 is 14.6 Å². The number of nitrogens with zero attached hydrogens (tertiary/aromatic N) is 2. The number of phenolic OH excluding ortho intramolecular Hbond substituents is 1. The van der Waals surface area contributed by atoms with Crippen LogP contribution in [0.3, 0.4) is 0 Å². The summed E-state index contributed by atoms with van der Waals surface area (Å²) in [6.07, 6.45) is 2.57. The summed E-state index contributed by atoms with van der Waals surface area (Å²) >= 11 is 0. The van der Waals surface area contributed by atoms with Gasteiger partial charge in [-0.25, -0.2) is 4.98 Å². The number of aromatic hydroxyl groups is 1. The molecule has 6 heteroatoms. The number of fused-ring (bicyclic) bond motifs is 1. The van der Waals surface area contributed by atoms with E-state index in [0.29, 0.717) is 5.56 Å². The number of aryl methyl sites for hydroxylation is 1. The van der Waals surface area contributed by atoms with Crippen molar-refractivity contribution in [2.24, 2.45) is 0 Å². The Balaban J connectivity index is 1.52. The van der Waals surface area contributed by atoms with E-state index < -0.39 is 0 Å². The molecule has 0 aliphatic carbocycles. The van der Waals surface area contributed by atoms with E-state index >= 15 is 0 Å². The Morgan fingerprint density at radius 1 is 1.03 bits per heavy atom. The van der Waals surface area contributed by atoms with Crippen LogP contribution in [0.2, 0.25) is 0 Å². The number of hydrogen-bond donors (Lipinski definition) is 2. The van der Waals surface area contributed by atoms with E-state index in [1.54, 1.807) is 6.07 Å². The van der Waals surface area contributed by atoms with Gasteiger partial charge in [-0.15, -0.1) is 0 Å². The number of rotatable bonds is 6. The minimum absolute atomic E-state index is 0.219. The van der Waals surface area contributed by atoms with Gasteiger partial charge in [-0.05, 0) is 68.8 Å². The van der Waals surface area contributed by atoms with Crippen molar-refractivity contribution in [1.82, 2.24) is 9.88 Å². The summed E-state index contributed by atoms with van der Waals surface area (Å²) in [5.74, 6) is 2.49. The van der Waals surface area contributed by atoms with Gasteiger partial charge in [0, 0.05) is 24.2 Å². The number of likely N-dealkylation sites (tertiary alicyclic amines) is 1. The number of anilines is 1. The van der Waals surface area contributed by atoms with Crippen molar-refractivity contribution >= 4 is 5.82 Å². The normalized spacial score (nSPS) is 15.4. The first-order valence-corrected chi connectivity index (χ1v) is 10.8. The first-order valence-electron chi connectivity index (χ1n) is 10.8. The Morgan fingerprint density at radius 2 is 1.90 bits per heavy atom. The zero-order chi connectivity index (χ0) is 21.2. The van der Waals surface area contributed by atoms with E-state index in [-0.39, 0.29) is 12.5 Å². The van der Waals surface area contributed by atoms with Crippen molar-refractivity contribution in [3.63, 3.8) is 0 Å². The Kier molecular flexibility index (Phi) is 5.38. The number of benzene rings is 2. The van der Waals surface area contributed by atoms with Crippen molar-refractivity contribution in [3.05, 3.63) is 54.1 Å². The molecular weight excluding hydrogens is 390 g/mol. The van der Waals surface area contributed by atoms with Crippen molar-refractivity contribution in [1.29, 1.82) is 0 Å². The lowest BCUT2D eigenvalue weighted by Gasteiger charge is -2.17. The Hall–Kier alpha value is -3.25. The van der Waals surface area contributed by atoms with Crippen LogP contribution in [-0.4, -0.2) is 48.0 Å². The summed E-state index contributed by atoms with van der Waals surface area (Å²) in [7, 11) is 0. The quantitative estimate of drug-likeness (QED) is 0.608. The fourth-order valence-electron chi connectivity index (χ4n) is 4.28. The summed E-state index contributed by atoms with van der Waals surface area (Å²) in [6, 6.07) is 15.5. The molecule has 0 saturated carbocycles. The van der Waals surface area contributed by atoms with Gasteiger partial charge in [0.15, 0.2) is 11.5 Å². The highest BCUT2D eigenvalue weighted by molar-refractivity contribution is 5.81. The molecule has 0 amide bonds. The second-order valence-electron chi connectivity index (χ2n) is 8.16. The molecular formula is C25H27N3O3. The zero-order valence-electron chi connectivity index (χ0n) is 17.7. The molecule has 2 N–H and O–H groups in total. The maximum Gasteiger partial charge on any atom is 0.231 e. The number of para-hydroxylation sites is 1. The largest absolute Gasteiger partial charge is 0.507 e. The molecule has 2 aromatic carbocycles. The van der Waals surface area contributed by atoms with E-state index in [1.165, 1.54) is 25.9 Å². The van der Waals surface area contributed by atoms with Crippen molar-refractivity contribution in [2.75, 3.05) is 38.3 Å². The van der Waals surface area contributed by atoms with Gasteiger partial charge < -0.3 is 24.8 Å². The molecule has 2 aliphatic rings. The van der Waals surface area contributed by atoms with Crippen LogP contribution in [0.4, 0.5) is 5.82 Å². The van der Waals surface area contributed by atoms with E-state index in [9.17, 15) is 5.11 Å². The van der Waals surface area contributed by atoms with Gasteiger partial charge in [-0.1, -0.05) is 23.8 Å². The Morgan fingerprint density at radius 3 is 2.77 bits per heavy atom. The lowest BCUT2D eigenvalue weighted by molar-refractivity contribution is 0.174. The standard InChI is InChI=1S/C25H27N3O3/c1-17-7-8-22(29)20(13-17)21-14-18(19-5-4-6-23-25(19)31-16-30-23)15-24(27-21)26-9-12-28-10-2-3-11-28/h4-8,13-15,29H,2-3,9-12,16H2,1H3,(H,26,27). The molecule has 1 saturated heterocycles. The highest BCUT2D eigenvalue weighted by atomic mass is 16.7. The fourth-order valence-corrected chi connectivity index (χ4v) is 4.28. The maximum atomic E-state index is 10.5. The molecule has 1 aromatic heterocycles. The van der Waals surface area contributed by atoms with Gasteiger partial charge in [-0.2, -0.15) is 0 Å². The van der Waals surface area contributed by atoms with E-state index in [0.717, 1.165) is 52.8 Å². The van der Waals surface area contributed by atoms with E-state index in [4.69, 9.17) is 14.5 Å². The molecule has 3 heterocycles. The van der Waals surface area contributed by atoms with Crippen molar-refractivity contribution in [2.45, 2.75) is 19.8 Å². The average molecular weight is 418 g/mol. The molecule has 31 heavy (non-hydrogen) atoms.